The normalized spacial score (nSPS) is 44.9. The fraction of sp³-hybridized carbons (Fsp3) is 0.769. The van der Waals surface area contributed by atoms with Gasteiger partial charge in [0.1, 0.15) is 0 Å². The van der Waals surface area contributed by atoms with Crippen molar-refractivity contribution in [2.75, 3.05) is 0 Å². The number of allylic oxidation sites excluding steroid dienone is 1. The fourth-order valence-electron chi connectivity index (χ4n) is 3.46. The summed E-state index contributed by atoms with van der Waals surface area (Å²) < 4.78 is 0. The van der Waals surface area contributed by atoms with Crippen LogP contribution in [0.2, 0.25) is 0 Å². The van der Waals surface area contributed by atoms with Gasteiger partial charge in [-0.2, -0.15) is 10.5 Å². The van der Waals surface area contributed by atoms with Crippen molar-refractivity contribution in [1.29, 1.82) is 0 Å². The quantitative estimate of drug-likeness (QED) is 0.455. The number of rotatable bonds is 1. The first-order chi connectivity index (χ1) is 6.90. The second-order valence-corrected chi connectivity index (χ2v) is 7.27. The van der Waals surface area contributed by atoms with Gasteiger partial charge in [-0.05, 0) is 38.5 Å². The molecule has 1 aliphatic carbocycles. The Morgan fingerprint density at radius 2 is 2.14 bits per heavy atom. The molecule has 0 amide bonds. The van der Waals surface area contributed by atoms with Crippen LogP contribution in [-0.2, 0) is 0 Å². The summed E-state index contributed by atoms with van der Waals surface area (Å²) in [5, 5.41) is 4.76. The molecule has 0 aromatic rings. The first-order valence-corrected chi connectivity index (χ1v) is 7.50. The first-order valence-electron chi connectivity index (χ1n) is 6.09. The summed E-state index contributed by atoms with van der Waals surface area (Å²) in [4.78, 5) is 0. The van der Waals surface area contributed by atoms with Crippen LogP contribution < -0.4 is 0 Å². The number of fused-ring (bicyclic) bond motifs is 1. The molecule has 1 heteroatoms. The average molecular weight is 208 g/mol. The van der Waals surface area contributed by atoms with Crippen LogP contribution in [0.1, 0.15) is 45.4 Å². The van der Waals surface area contributed by atoms with Crippen molar-refractivity contribution in [3.05, 3.63) is 11.6 Å². The van der Waals surface area contributed by atoms with Gasteiger partial charge in [0.05, 0.1) is 0 Å². The molecule has 0 bridgehead atoms. The van der Waals surface area contributed by atoms with Crippen molar-refractivity contribution in [2.24, 2.45) is 5.92 Å². The zero-order chi connectivity index (χ0) is 9.54. The zero-order valence-corrected chi connectivity index (χ0v) is 9.85. The van der Waals surface area contributed by atoms with Gasteiger partial charge in [0.2, 0.25) is 0 Å². The highest BCUT2D eigenvalue weighted by Crippen LogP contribution is 2.56. The number of hydrogen-bond donors (Lipinski definition) is 0. The molecule has 3 aliphatic rings. The average Bonchev–Trinajstić information content (AvgIpc) is 2.75. The lowest BCUT2D eigenvalue weighted by molar-refractivity contribution is 0.477. The Balaban J connectivity index is 1.71. The van der Waals surface area contributed by atoms with E-state index in [9.17, 15) is 0 Å². The molecule has 2 aliphatic heterocycles. The molecular formula is C13H20S. The second-order valence-electron chi connectivity index (χ2n) is 4.95. The van der Waals surface area contributed by atoms with Crippen molar-refractivity contribution >= 4 is 15.9 Å². The highest BCUT2D eigenvalue weighted by Gasteiger charge is 2.43. The van der Waals surface area contributed by atoms with Gasteiger partial charge in [-0.3, -0.25) is 0 Å². The highest BCUT2D eigenvalue weighted by atomic mass is 32.2. The SMILES string of the molecule is C/C=C1/CC=S2C1CC2C1CCCC1. The van der Waals surface area contributed by atoms with Gasteiger partial charge in [0.15, 0.2) is 0 Å². The van der Waals surface area contributed by atoms with Crippen LogP contribution in [-0.4, -0.2) is 15.9 Å². The van der Waals surface area contributed by atoms with Gasteiger partial charge in [-0.25, -0.2) is 0 Å². The molecule has 0 aromatic carbocycles. The van der Waals surface area contributed by atoms with Crippen LogP contribution in [0.15, 0.2) is 11.6 Å². The standard InChI is InChI=1S/C13H20S/c1-2-10-7-8-14-12(10)9-13(14)11-5-3-4-6-11/h2,8,11-13H,3-7,9H2,1H3/b10-2-. The summed E-state index contributed by atoms with van der Waals surface area (Å²) in [6, 6.07) is 0. The van der Waals surface area contributed by atoms with Crippen molar-refractivity contribution < 1.29 is 0 Å². The van der Waals surface area contributed by atoms with E-state index in [-0.39, 0.29) is 0 Å². The molecule has 0 nitrogen and oxygen atoms in total. The molecule has 0 spiro atoms. The minimum Gasteiger partial charge on any atom is -0.179 e. The van der Waals surface area contributed by atoms with Gasteiger partial charge in [-0.15, -0.1) is 0 Å². The van der Waals surface area contributed by atoms with E-state index in [4.69, 9.17) is 0 Å². The van der Waals surface area contributed by atoms with E-state index in [1.54, 1.807) is 18.4 Å². The lowest BCUT2D eigenvalue weighted by atomic mass is 9.95. The van der Waals surface area contributed by atoms with E-state index in [1.807, 2.05) is 0 Å². The molecule has 0 radical (unpaired) electrons. The van der Waals surface area contributed by atoms with E-state index < -0.39 is 0 Å². The lowest BCUT2D eigenvalue weighted by Gasteiger charge is -2.42. The Bertz CT molecular complexity index is 294. The Kier molecular flexibility index (Phi) is 2.31. The molecule has 2 heterocycles. The van der Waals surface area contributed by atoms with Gasteiger partial charge in [0.25, 0.3) is 0 Å². The molecule has 78 valence electrons. The van der Waals surface area contributed by atoms with E-state index in [0.717, 1.165) is 16.4 Å². The molecule has 0 N–H and O–H groups in total. The molecule has 3 unspecified atom stereocenters. The van der Waals surface area contributed by atoms with Crippen molar-refractivity contribution in [3.63, 3.8) is 0 Å². The maximum Gasteiger partial charge on any atom is 0.0220 e. The zero-order valence-electron chi connectivity index (χ0n) is 9.04. The van der Waals surface area contributed by atoms with Crippen LogP contribution >= 0.6 is 10.5 Å². The Morgan fingerprint density at radius 3 is 2.86 bits per heavy atom. The van der Waals surface area contributed by atoms with Crippen LogP contribution in [0.3, 0.4) is 0 Å². The van der Waals surface area contributed by atoms with Crippen molar-refractivity contribution in [3.8, 4) is 0 Å². The first kappa shape index (κ1) is 9.21. The molecule has 3 atom stereocenters. The Morgan fingerprint density at radius 1 is 1.36 bits per heavy atom. The summed E-state index contributed by atoms with van der Waals surface area (Å²) in [5.74, 6) is 1.11. The Hall–Kier alpha value is -0.0400. The molecule has 1 saturated carbocycles. The molecular weight excluding hydrogens is 188 g/mol. The molecule has 14 heavy (non-hydrogen) atoms. The Labute approximate surface area is 89.7 Å². The van der Waals surface area contributed by atoms with Gasteiger partial charge in [-0.1, -0.05) is 29.9 Å². The second kappa shape index (κ2) is 3.52. The smallest absolute Gasteiger partial charge is 0.0220 e. The third-order valence-electron chi connectivity index (χ3n) is 4.35. The van der Waals surface area contributed by atoms with Gasteiger partial charge >= 0.3 is 0 Å². The minimum atomic E-state index is 0.712. The van der Waals surface area contributed by atoms with E-state index in [0.29, 0.717) is 10.5 Å². The fourth-order valence-corrected chi connectivity index (χ4v) is 6.53. The third kappa shape index (κ3) is 1.25. The third-order valence-corrected chi connectivity index (χ3v) is 7.33. The summed E-state index contributed by atoms with van der Waals surface area (Å²) in [6.45, 7) is 2.22. The van der Waals surface area contributed by atoms with Crippen molar-refractivity contribution in [2.45, 2.75) is 55.9 Å². The van der Waals surface area contributed by atoms with E-state index in [1.165, 1.54) is 25.7 Å². The van der Waals surface area contributed by atoms with Crippen LogP contribution in [0, 0.1) is 5.92 Å². The lowest BCUT2D eigenvalue weighted by Crippen LogP contribution is -2.33. The summed E-state index contributed by atoms with van der Waals surface area (Å²) in [5.41, 5.74) is 1.75. The van der Waals surface area contributed by atoms with E-state index in [2.05, 4.69) is 18.4 Å². The summed E-state index contributed by atoms with van der Waals surface area (Å²) in [6.07, 6.45) is 11.3. The molecule has 3 rings (SSSR count). The summed E-state index contributed by atoms with van der Waals surface area (Å²) in [7, 11) is 0.712. The van der Waals surface area contributed by atoms with Crippen LogP contribution in [0.5, 0.6) is 0 Å². The monoisotopic (exact) mass is 208 g/mol. The predicted octanol–water partition coefficient (Wildman–Crippen LogP) is 3.74. The van der Waals surface area contributed by atoms with Crippen LogP contribution in [0.25, 0.3) is 0 Å². The highest BCUT2D eigenvalue weighted by molar-refractivity contribution is 8.17. The summed E-state index contributed by atoms with van der Waals surface area (Å²) >= 11 is 0. The van der Waals surface area contributed by atoms with Crippen LogP contribution in [0.4, 0.5) is 0 Å². The maximum absolute atomic E-state index is 2.65. The minimum absolute atomic E-state index is 0.712. The maximum atomic E-state index is 2.65. The molecule has 0 aromatic heterocycles. The van der Waals surface area contributed by atoms with Crippen molar-refractivity contribution in [1.82, 2.24) is 0 Å². The topological polar surface area (TPSA) is 0 Å². The van der Waals surface area contributed by atoms with E-state index >= 15 is 0 Å². The molecule has 2 fully saturated rings. The predicted molar refractivity (Wildman–Crippen MR) is 66.2 cm³/mol. The molecule has 1 saturated heterocycles. The largest absolute Gasteiger partial charge is 0.179 e. The van der Waals surface area contributed by atoms with Gasteiger partial charge in [0, 0.05) is 10.5 Å². The van der Waals surface area contributed by atoms with Gasteiger partial charge < -0.3 is 0 Å². The number of hydrogen-bond acceptors (Lipinski definition) is 0.